The Balaban J connectivity index is 1.54. The van der Waals surface area contributed by atoms with E-state index in [9.17, 15) is 0 Å². The highest BCUT2D eigenvalue weighted by Gasteiger charge is 2.20. The van der Waals surface area contributed by atoms with Gasteiger partial charge in [0.05, 0.1) is 5.69 Å². The lowest BCUT2D eigenvalue weighted by molar-refractivity contribution is 0.111. The number of nitrogens with one attached hydrogen (secondary N) is 1. The lowest BCUT2D eigenvalue weighted by Crippen LogP contribution is -1.95. The van der Waals surface area contributed by atoms with Crippen LogP contribution in [0.15, 0.2) is 10.5 Å². The zero-order chi connectivity index (χ0) is 13.8. The van der Waals surface area contributed by atoms with Gasteiger partial charge in [-0.15, -0.1) is 16.4 Å². The standard InChI is InChI=1S/C13H18N4OS2/c1-2-4-11-15-13(17-16-11)20-8-9-7-19-12(14-9)10-5-3-6-18-10/h7,10H,2-6,8H2,1H3,(H,15,16,17)/t10-/m0/s1. The maximum absolute atomic E-state index is 5.66. The quantitative estimate of drug-likeness (QED) is 0.829. The second-order valence-electron chi connectivity index (χ2n) is 4.78. The van der Waals surface area contributed by atoms with Gasteiger partial charge < -0.3 is 4.74 Å². The van der Waals surface area contributed by atoms with Crippen LogP contribution in [0.25, 0.3) is 0 Å². The number of hydrogen-bond donors (Lipinski definition) is 1. The van der Waals surface area contributed by atoms with Gasteiger partial charge in [-0.1, -0.05) is 18.7 Å². The molecule has 1 saturated heterocycles. The van der Waals surface area contributed by atoms with E-state index in [0.717, 1.165) is 59.7 Å². The number of hydrogen-bond acceptors (Lipinski definition) is 6. The third-order valence-corrected chi connectivity index (χ3v) is 4.99. The molecule has 5 nitrogen and oxygen atoms in total. The fourth-order valence-corrected chi connectivity index (χ4v) is 3.85. The Morgan fingerprint density at radius 2 is 2.45 bits per heavy atom. The molecule has 0 saturated carbocycles. The van der Waals surface area contributed by atoms with Gasteiger partial charge >= 0.3 is 0 Å². The molecule has 1 N–H and O–H groups in total. The number of nitrogens with zero attached hydrogens (tertiary/aromatic N) is 3. The second kappa shape index (κ2) is 6.69. The molecule has 3 heterocycles. The van der Waals surface area contributed by atoms with Crippen molar-refractivity contribution in [3.63, 3.8) is 0 Å². The smallest absolute Gasteiger partial charge is 0.208 e. The number of H-pyrrole nitrogens is 1. The fraction of sp³-hybridized carbons (Fsp3) is 0.615. The first kappa shape index (κ1) is 14.0. The summed E-state index contributed by atoms with van der Waals surface area (Å²) >= 11 is 3.32. The molecule has 20 heavy (non-hydrogen) atoms. The van der Waals surface area contributed by atoms with Gasteiger partial charge in [-0.3, -0.25) is 5.10 Å². The third-order valence-electron chi connectivity index (χ3n) is 3.12. The van der Waals surface area contributed by atoms with Gasteiger partial charge in [-0.05, 0) is 19.3 Å². The van der Waals surface area contributed by atoms with Crippen LogP contribution in [0.5, 0.6) is 0 Å². The van der Waals surface area contributed by atoms with Crippen molar-refractivity contribution in [1.29, 1.82) is 0 Å². The second-order valence-corrected chi connectivity index (χ2v) is 6.61. The average molecular weight is 310 g/mol. The minimum Gasteiger partial charge on any atom is -0.371 e. The first-order valence-corrected chi connectivity index (χ1v) is 8.81. The summed E-state index contributed by atoms with van der Waals surface area (Å²) in [6.07, 6.45) is 4.50. The zero-order valence-electron chi connectivity index (χ0n) is 11.5. The number of thiazole rings is 1. The number of rotatable bonds is 6. The Labute approximate surface area is 126 Å². The normalized spacial score (nSPS) is 18.8. The lowest BCUT2D eigenvalue weighted by atomic mass is 10.2. The van der Waals surface area contributed by atoms with Crippen LogP contribution < -0.4 is 0 Å². The van der Waals surface area contributed by atoms with Crippen LogP contribution in [0, 0.1) is 0 Å². The maximum Gasteiger partial charge on any atom is 0.208 e. The van der Waals surface area contributed by atoms with Crippen molar-refractivity contribution in [1.82, 2.24) is 20.2 Å². The third kappa shape index (κ3) is 3.39. The molecule has 108 valence electrons. The van der Waals surface area contributed by atoms with Gasteiger partial charge in [-0.25, -0.2) is 9.97 Å². The molecule has 2 aromatic rings. The Kier molecular flexibility index (Phi) is 4.69. The van der Waals surface area contributed by atoms with E-state index in [1.165, 1.54) is 0 Å². The van der Waals surface area contributed by atoms with Crippen molar-refractivity contribution in [2.24, 2.45) is 0 Å². The minimum atomic E-state index is 0.221. The van der Waals surface area contributed by atoms with Crippen LogP contribution in [0.4, 0.5) is 0 Å². The molecule has 1 atom stereocenters. The summed E-state index contributed by atoms with van der Waals surface area (Å²) in [7, 11) is 0. The molecule has 0 aromatic carbocycles. The monoisotopic (exact) mass is 310 g/mol. The maximum atomic E-state index is 5.66. The largest absolute Gasteiger partial charge is 0.371 e. The summed E-state index contributed by atoms with van der Waals surface area (Å²) in [5, 5.41) is 11.2. The van der Waals surface area contributed by atoms with Gasteiger partial charge in [0.15, 0.2) is 0 Å². The van der Waals surface area contributed by atoms with Gasteiger partial charge in [0, 0.05) is 24.2 Å². The van der Waals surface area contributed by atoms with Crippen LogP contribution >= 0.6 is 23.1 Å². The average Bonchev–Trinajstić information content (AvgIpc) is 3.18. The molecule has 0 bridgehead atoms. The van der Waals surface area contributed by atoms with E-state index in [1.807, 2.05) is 0 Å². The van der Waals surface area contributed by atoms with E-state index in [-0.39, 0.29) is 6.10 Å². The van der Waals surface area contributed by atoms with E-state index < -0.39 is 0 Å². The highest BCUT2D eigenvalue weighted by molar-refractivity contribution is 7.98. The molecular formula is C13H18N4OS2. The molecule has 0 amide bonds. The topological polar surface area (TPSA) is 63.7 Å². The van der Waals surface area contributed by atoms with Crippen molar-refractivity contribution >= 4 is 23.1 Å². The van der Waals surface area contributed by atoms with E-state index in [4.69, 9.17) is 4.74 Å². The first-order valence-electron chi connectivity index (χ1n) is 6.95. The molecule has 1 aliphatic rings. The van der Waals surface area contributed by atoms with Crippen LogP contribution in [0.3, 0.4) is 0 Å². The molecular weight excluding hydrogens is 292 g/mol. The van der Waals surface area contributed by atoms with Crippen molar-refractivity contribution in [2.45, 2.75) is 49.6 Å². The molecule has 3 rings (SSSR count). The summed E-state index contributed by atoms with van der Waals surface area (Å²) in [5.74, 6) is 1.78. The van der Waals surface area contributed by atoms with Crippen molar-refractivity contribution in [2.75, 3.05) is 6.61 Å². The van der Waals surface area contributed by atoms with Crippen LogP contribution in [0.2, 0.25) is 0 Å². The summed E-state index contributed by atoms with van der Waals surface area (Å²) in [6.45, 7) is 3.00. The lowest BCUT2D eigenvalue weighted by Gasteiger charge is -2.03. The number of aromatic amines is 1. The Bertz CT molecular complexity index is 548. The molecule has 2 aromatic heterocycles. The van der Waals surface area contributed by atoms with E-state index in [2.05, 4.69) is 32.5 Å². The predicted octanol–water partition coefficient (Wildman–Crippen LogP) is 3.36. The highest BCUT2D eigenvalue weighted by Crippen LogP contribution is 2.31. The van der Waals surface area contributed by atoms with E-state index in [1.54, 1.807) is 23.1 Å². The summed E-state index contributed by atoms with van der Waals surface area (Å²) in [4.78, 5) is 9.10. The summed E-state index contributed by atoms with van der Waals surface area (Å²) < 4.78 is 5.66. The number of aryl methyl sites for hydroxylation is 1. The van der Waals surface area contributed by atoms with Gasteiger partial charge in [0.2, 0.25) is 5.16 Å². The molecule has 0 aliphatic carbocycles. The molecule has 1 fully saturated rings. The predicted molar refractivity (Wildman–Crippen MR) is 80.0 cm³/mol. The Morgan fingerprint density at radius 3 is 3.25 bits per heavy atom. The van der Waals surface area contributed by atoms with Crippen LogP contribution in [0.1, 0.15) is 48.8 Å². The van der Waals surface area contributed by atoms with Crippen LogP contribution in [-0.4, -0.2) is 26.8 Å². The molecule has 0 unspecified atom stereocenters. The molecule has 1 aliphatic heterocycles. The summed E-state index contributed by atoms with van der Waals surface area (Å²) in [5.41, 5.74) is 1.09. The summed E-state index contributed by atoms with van der Waals surface area (Å²) in [6, 6.07) is 0. The number of aromatic nitrogens is 4. The molecule has 0 radical (unpaired) electrons. The minimum absolute atomic E-state index is 0.221. The van der Waals surface area contributed by atoms with Crippen molar-refractivity contribution < 1.29 is 4.74 Å². The Hall–Kier alpha value is -0.920. The highest BCUT2D eigenvalue weighted by atomic mass is 32.2. The van der Waals surface area contributed by atoms with Crippen molar-refractivity contribution in [3.8, 4) is 0 Å². The fourth-order valence-electron chi connectivity index (χ4n) is 2.14. The van der Waals surface area contributed by atoms with Crippen molar-refractivity contribution in [3.05, 3.63) is 21.9 Å². The Morgan fingerprint density at radius 1 is 1.50 bits per heavy atom. The van der Waals surface area contributed by atoms with E-state index in [0.29, 0.717) is 0 Å². The number of ether oxygens (including phenoxy) is 1. The molecule has 0 spiro atoms. The first-order chi connectivity index (χ1) is 9.85. The SMILES string of the molecule is CCCc1nc(SCc2csc([C@@H]3CCCO3)n2)n[nH]1. The zero-order valence-corrected chi connectivity index (χ0v) is 13.1. The van der Waals surface area contributed by atoms with Crippen LogP contribution in [-0.2, 0) is 16.9 Å². The van der Waals surface area contributed by atoms with E-state index >= 15 is 0 Å². The number of thioether (sulfide) groups is 1. The molecule has 7 heteroatoms. The van der Waals surface area contributed by atoms with Gasteiger partial charge in [0.1, 0.15) is 16.9 Å². The van der Waals surface area contributed by atoms with Gasteiger partial charge in [-0.2, -0.15) is 0 Å². The van der Waals surface area contributed by atoms with Gasteiger partial charge in [0.25, 0.3) is 0 Å².